The van der Waals surface area contributed by atoms with Gasteiger partial charge in [-0.15, -0.1) is 0 Å². The number of hydrogen-bond donors (Lipinski definition) is 2. The Bertz CT molecular complexity index is 143. The third-order valence-corrected chi connectivity index (χ3v) is 2.45. The van der Waals surface area contributed by atoms with Crippen LogP contribution in [0.25, 0.3) is 0 Å². The van der Waals surface area contributed by atoms with E-state index in [4.69, 9.17) is 17.5 Å². The van der Waals surface area contributed by atoms with Gasteiger partial charge in [-0.1, -0.05) is 0 Å². The van der Waals surface area contributed by atoms with Gasteiger partial charge in [0.05, 0.1) is 0 Å². The van der Waals surface area contributed by atoms with E-state index >= 15 is 0 Å². The first-order chi connectivity index (χ1) is 4.27. The summed E-state index contributed by atoms with van der Waals surface area (Å²) < 4.78 is 33.0. The summed E-state index contributed by atoms with van der Waals surface area (Å²) in [5, 5.41) is 0. The molecule has 0 radical (unpaired) electrons. The van der Waals surface area contributed by atoms with Crippen molar-refractivity contribution in [2.24, 2.45) is 5.92 Å². The van der Waals surface area contributed by atoms with E-state index in [-0.39, 0.29) is 0 Å². The Morgan fingerprint density at radius 3 is 1.50 bits per heavy atom. The number of hydrogen-bond acceptors (Lipinski definition) is 2. The molecule has 0 saturated carbocycles. The van der Waals surface area contributed by atoms with Crippen LogP contribution in [0.2, 0.25) is 3.67 Å². The molecule has 0 aromatic carbocycles. The standard InChI is InChI=1S/C4H9.Na.H2O4S/c1-4(2)3;;1-5(2,3)4/h4H,1H2,2-3H3;;(H2,1,2,3,4). The molecule has 0 aliphatic rings. The molecule has 6 heteroatoms. The first kappa shape index (κ1) is 13.5. The molecule has 0 aliphatic heterocycles. The molecule has 4 nitrogen and oxygen atoms in total. The van der Waals surface area contributed by atoms with Gasteiger partial charge in [-0.2, -0.15) is 8.42 Å². The smallest absolute Gasteiger partial charge is 0.264 e. The molecule has 0 rings (SSSR count). The summed E-state index contributed by atoms with van der Waals surface area (Å²) in [6.45, 7) is 4.51. The van der Waals surface area contributed by atoms with Crippen molar-refractivity contribution in [3.05, 3.63) is 0 Å². The van der Waals surface area contributed by atoms with Crippen molar-refractivity contribution in [2.75, 3.05) is 0 Å². The zero-order valence-electron chi connectivity index (χ0n) is 6.40. The predicted molar refractivity (Wildman–Crippen MR) is 39.6 cm³/mol. The fourth-order valence-corrected chi connectivity index (χ4v) is 0. The van der Waals surface area contributed by atoms with Gasteiger partial charge in [-0.25, -0.2) is 0 Å². The minimum Gasteiger partial charge on any atom is -0.264 e. The van der Waals surface area contributed by atoms with E-state index in [0.717, 1.165) is 5.92 Å². The molecule has 0 aliphatic carbocycles. The van der Waals surface area contributed by atoms with Crippen LogP contribution >= 0.6 is 0 Å². The molecule has 0 atom stereocenters. The van der Waals surface area contributed by atoms with Crippen LogP contribution < -0.4 is 0 Å². The van der Waals surface area contributed by atoms with Gasteiger partial charge in [0.25, 0.3) is 0 Å². The first-order valence-corrected chi connectivity index (χ1v) is 5.78. The molecule has 0 amide bonds. The number of rotatable bonds is 1. The maximum absolute atomic E-state index is 8.74. The Hall–Kier alpha value is 0.870. The van der Waals surface area contributed by atoms with Gasteiger partial charge in [0.1, 0.15) is 0 Å². The van der Waals surface area contributed by atoms with Crippen molar-refractivity contribution in [1.82, 2.24) is 0 Å². The Kier molecular flexibility index (Phi) is 8.85. The van der Waals surface area contributed by atoms with Crippen LogP contribution in [-0.4, -0.2) is 45.5 Å². The van der Waals surface area contributed by atoms with Gasteiger partial charge in [-0.3, -0.25) is 9.11 Å². The maximum Gasteiger partial charge on any atom is 0.394 e. The minimum absolute atomic E-state index is 0.946. The summed E-state index contributed by atoms with van der Waals surface area (Å²) in [7, 11) is -4.67. The second-order valence-electron chi connectivity index (χ2n) is 2.25. The van der Waals surface area contributed by atoms with Crippen LogP contribution in [-0.2, 0) is 10.4 Å². The molecule has 0 aromatic heterocycles. The summed E-state index contributed by atoms with van der Waals surface area (Å²) in [6, 6.07) is 0. The van der Waals surface area contributed by atoms with Crippen LogP contribution in [0, 0.1) is 5.92 Å². The Morgan fingerprint density at radius 2 is 1.50 bits per heavy atom. The van der Waals surface area contributed by atoms with E-state index in [1.807, 2.05) is 0 Å². The second-order valence-corrected chi connectivity index (χ2v) is 3.96. The summed E-state index contributed by atoms with van der Waals surface area (Å²) in [5.41, 5.74) is 0. The Balaban J connectivity index is 0. The van der Waals surface area contributed by atoms with E-state index in [2.05, 4.69) is 13.8 Å². The quantitative estimate of drug-likeness (QED) is 0.455. The summed E-state index contributed by atoms with van der Waals surface area (Å²) in [5.74, 6) is 0.946. The van der Waals surface area contributed by atoms with Crippen molar-refractivity contribution in [1.29, 1.82) is 0 Å². The van der Waals surface area contributed by atoms with Crippen LogP contribution in [0.1, 0.15) is 13.8 Å². The van der Waals surface area contributed by atoms with E-state index in [9.17, 15) is 0 Å². The average molecular weight is 178 g/mol. The SMILES string of the molecule is CC(C)[CH2][Na].O=S(=O)(O)O. The zero-order valence-corrected chi connectivity index (χ0v) is 9.22. The normalized spacial score (nSPS) is 10.7. The molecule has 2 N–H and O–H groups in total. The van der Waals surface area contributed by atoms with Crippen molar-refractivity contribution < 1.29 is 17.5 Å². The van der Waals surface area contributed by atoms with Gasteiger partial charge in [-0.05, 0) is 0 Å². The third-order valence-electron chi connectivity index (χ3n) is 0.816. The van der Waals surface area contributed by atoms with Crippen molar-refractivity contribution in [3.63, 3.8) is 0 Å². The average Bonchev–Trinajstić information content (AvgIpc) is 1.61. The maximum atomic E-state index is 8.74. The van der Waals surface area contributed by atoms with Gasteiger partial charge in [0.2, 0.25) is 0 Å². The Labute approximate surface area is 79.0 Å². The van der Waals surface area contributed by atoms with Gasteiger partial charge in [0.15, 0.2) is 0 Å². The monoisotopic (exact) mass is 178 g/mol. The molecule has 0 heterocycles. The van der Waals surface area contributed by atoms with Crippen LogP contribution in [0.3, 0.4) is 0 Å². The van der Waals surface area contributed by atoms with Crippen LogP contribution in [0.4, 0.5) is 0 Å². The first-order valence-electron chi connectivity index (χ1n) is 2.97. The van der Waals surface area contributed by atoms with Gasteiger partial charge >= 0.3 is 61.8 Å². The molecule has 0 spiro atoms. The van der Waals surface area contributed by atoms with Gasteiger partial charge < -0.3 is 0 Å². The second kappa shape index (κ2) is 6.57. The molecule has 58 valence electrons. The predicted octanol–water partition coefficient (Wildman–Crippen LogP) is 0.576. The van der Waals surface area contributed by atoms with Crippen LogP contribution in [0.5, 0.6) is 0 Å². The minimum atomic E-state index is -4.67. The van der Waals surface area contributed by atoms with Crippen molar-refractivity contribution in [3.8, 4) is 0 Å². The fraction of sp³-hybridized carbons (Fsp3) is 1.00. The van der Waals surface area contributed by atoms with Gasteiger partial charge in [0, 0.05) is 0 Å². The molecular formula is C4H11NaO4S. The van der Waals surface area contributed by atoms with Crippen molar-refractivity contribution >= 4 is 38.3 Å². The molecular weight excluding hydrogens is 167 g/mol. The zero-order chi connectivity index (χ0) is 8.78. The largest absolute Gasteiger partial charge is 0.394 e. The summed E-state index contributed by atoms with van der Waals surface area (Å²) >= 11 is 1.37. The van der Waals surface area contributed by atoms with Crippen LogP contribution in [0.15, 0.2) is 0 Å². The van der Waals surface area contributed by atoms with E-state index < -0.39 is 10.4 Å². The third kappa shape index (κ3) is 66.7. The summed E-state index contributed by atoms with van der Waals surface area (Å²) in [4.78, 5) is 0. The topological polar surface area (TPSA) is 74.6 Å². The molecule has 0 unspecified atom stereocenters. The summed E-state index contributed by atoms with van der Waals surface area (Å²) in [6.07, 6.45) is 0. The van der Waals surface area contributed by atoms with E-state index in [1.165, 1.54) is 31.6 Å². The fourth-order valence-electron chi connectivity index (χ4n) is 0. The van der Waals surface area contributed by atoms with E-state index in [1.54, 1.807) is 0 Å². The molecule has 0 fully saturated rings. The van der Waals surface area contributed by atoms with E-state index in [0.29, 0.717) is 0 Å². The molecule has 0 aromatic rings. The van der Waals surface area contributed by atoms with Crippen molar-refractivity contribution in [2.45, 2.75) is 17.5 Å². The molecule has 10 heavy (non-hydrogen) atoms. The Morgan fingerprint density at radius 1 is 1.40 bits per heavy atom. The molecule has 0 bridgehead atoms. The molecule has 0 saturated heterocycles.